The standard InChI is InChI=1S/C22H25BrN2O5S/c23-18-5-3-4-16(12-18)15-31(27,28)25-10-8-17(9-11-25)22(26)24-13-19-14-29-20-6-1-2-7-21(20)30-19/h1-7,12,17,19H,8-11,13-15H2,(H,24,26)/t19-/m1/s1. The van der Waals surface area contributed by atoms with E-state index in [1.807, 2.05) is 42.5 Å². The van der Waals surface area contributed by atoms with Crippen LogP contribution in [0.25, 0.3) is 0 Å². The van der Waals surface area contributed by atoms with Gasteiger partial charge in [-0.15, -0.1) is 0 Å². The lowest BCUT2D eigenvalue weighted by Crippen LogP contribution is -2.46. The molecular weight excluding hydrogens is 484 g/mol. The first-order chi connectivity index (χ1) is 14.9. The molecule has 4 rings (SSSR count). The van der Waals surface area contributed by atoms with Gasteiger partial charge in [0.25, 0.3) is 0 Å². The highest BCUT2D eigenvalue weighted by molar-refractivity contribution is 9.10. The summed E-state index contributed by atoms with van der Waals surface area (Å²) in [6.07, 6.45) is 0.771. The van der Waals surface area contributed by atoms with Crippen LogP contribution in [0.15, 0.2) is 53.0 Å². The Balaban J connectivity index is 1.24. The smallest absolute Gasteiger partial charge is 0.223 e. The maximum atomic E-state index is 12.8. The molecule has 0 aromatic heterocycles. The molecule has 1 N–H and O–H groups in total. The van der Waals surface area contributed by atoms with Gasteiger partial charge < -0.3 is 14.8 Å². The Kier molecular flexibility index (Phi) is 6.83. The minimum Gasteiger partial charge on any atom is -0.486 e. The monoisotopic (exact) mass is 508 g/mol. The molecule has 2 aromatic carbocycles. The third-order valence-electron chi connectivity index (χ3n) is 5.53. The molecule has 7 nitrogen and oxygen atoms in total. The molecule has 2 aromatic rings. The first-order valence-electron chi connectivity index (χ1n) is 10.3. The van der Waals surface area contributed by atoms with E-state index < -0.39 is 10.0 Å². The van der Waals surface area contributed by atoms with Gasteiger partial charge in [0.2, 0.25) is 15.9 Å². The summed E-state index contributed by atoms with van der Waals surface area (Å²) < 4.78 is 39.4. The van der Waals surface area contributed by atoms with Crippen molar-refractivity contribution in [2.75, 3.05) is 26.2 Å². The number of halogens is 1. The van der Waals surface area contributed by atoms with Crippen LogP contribution >= 0.6 is 15.9 Å². The van der Waals surface area contributed by atoms with E-state index in [0.29, 0.717) is 50.6 Å². The zero-order valence-corrected chi connectivity index (χ0v) is 19.4. The fourth-order valence-corrected chi connectivity index (χ4v) is 5.84. The van der Waals surface area contributed by atoms with E-state index in [9.17, 15) is 13.2 Å². The van der Waals surface area contributed by atoms with Crippen LogP contribution in [0.3, 0.4) is 0 Å². The molecule has 1 fully saturated rings. The van der Waals surface area contributed by atoms with Crippen molar-refractivity contribution in [2.45, 2.75) is 24.7 Å². The van der Waals surface area contributed by atoms with E-state index in [1.165, 1.54) is 4.31 Å². The lowest BCUT2D eigenvalue weighted by Gasteiger charge is -2.31. The molecule has 0 saturated carbocycles. The summed E-state index contributed by atoms with van der Waals surface area (Å²) >= 11 is 3.37. The number of hydrogen-bond acceptors (Lipinski definition) is 5. The Labute approximate surface area is 190 Å². The Morgan fingerprint density at radius 2 is 1.84 bits per heavy atom. The van der Waals surface area contributed by atoms with Gasteiger partial charge in [0.05, 0.1) is 12.3 Å². The minimum absolute atomic E-state index is 0.0379. The molecule has 2 aliphatic rings. The molecule has 0 unspecified atom stereocenters. The highest BCUT2D eigenvalue weighted by Gasteiger charge is 2.31. The lowest BCUT2D eigenvalue weighted by atomic mass is 9.97. The molecule has 1 amide bonds. The van der Waals surface area contributed by atoms with Crippen LogP contribution in [0.1, 0.15) is 18.4 Å². The summed E-state index contributed by atoms with van der Waals surface area (Å²) in [6.45, 7) is 1.44. The number of piperidine rings is 1. The van der Waals surface area contributed by atoms with Crippen LogP contribution < -0.4 is 14.8 Å². The minimum atomic E-state index is -3.42. The quantitative estimate of drug-likeness (QED) is 0.648. The maximum absolute atomic E-state index is 12.8. The number of fused-ring (bicyclic) bond motifs is 1. The van der Waals surface area contributed by atoms with Crippen molar-refractivity contribution < 1.29 is 22.7 Å². The first-order valence-corrected chi connectivity index (χ1v) is 12.7. The maximum Gasteiger partial charge on any atom is 0.223 e. The largest absolute Gasteiger partial charge is 0.486 e. The Morgan fingerprint density at radius 3 is 2.58 bits per heavy atom. The van der Waals surface area contributed by atoms with E-state index in [0.717, 1.165) is 10.0 Å². The highest BCUT2D eigenvalue weighted by Crippen LogP contribution is 2.30. The molecule has 2 heterocycles. The van der Waals surface area contributed by atoms with Crippen molar-refractivity contribution in [1.29, 1.82) is 0 Å². The lowest BCUT2D eigenvalue weighted by molar-refractivity contribution is -0.126. The Bertz CT molecular complexity index is 1040. The molecule has 0 aliphatic carbocycles. The second-order valence-corrected chi connectivity index (χ2v) is 10.7. The molecule has 166 valence electrons. The molecule has 31 heavy (non-hydrogen) atoms. The predicted octanol–water partition coefficient (Wildman–Crippen LogP) is 2.95. The summed E-state index contributed by atoms with van der Waals surface area (Å²) in [5.41, 5.74) is 0.741. The number of ether oxygens (including phenoxy) is 2. The van der Waals surface area contributed by atoms with E-state index in [2.05, 4.69) is 21.2 Å². The van der Waals surface area contributed by atoms with Crippen molar-refractivity contribution in [3.05, 3.63) is 58.6 Å². The topological polar surface area (TPSA) is 84.9 Å². The van der Waals surface area contributed by atoms with Crippen molar-refractivity contribution in [3.8, 4) is 11.5 Å². The second kappa shape index (κ2) is 9.58. The SMILES string of the molecule is O=C(NC[C@@H]1COc2ccccc2O1)C1CCN(S(=O)(=O)Cc2cccc(Br)c2)CC1. The van der Waals surface area contributed by atoms with Crippen molar-refractivity contribution >= 4 is 31.9 Å². The van der Waals surface area contributed by atoms with Crippen LogP contribution in [-0.2, 0) is 20.6 Å². The van der Waals surface area contributed by atoms with Crippen LogP contribution in [0.2, 0.25) is 0 Å². The van der Waals surface area contributed by atoms with Crippen LogP contribution in [0.4, 0.5) is 0 Å². The number of sulfonamides is 1. The van der Waals surface area contributed by atoms with Gasteiger partial charge in [0, 0.05) is 23.5 Å². The molecule has 2 aliphatic heterocycles. The number of benzene rings is 2. The fraction of sp³-hybridized carbons (Fsp3) is 0.409. The van der Waals surface area contributed by atoms with Gasteiger partial charge in [-0.1, -0.05) is 40.2 Å². The second-order valence-electron chi connectivity index (χ2n) is 7.80. The molecule has 0 bridgehead atoms. The van der Waals surface area contributed by atoms with Crippen molar-refractivity contribution in [3.63, 3.8) is 0 Å². The number of hydrogen-bond donors (Lipinski definition) is 1. The molecule has 9 heteroatoms. The number of rotatable bonds is 6. The molecule has 1 saturated heterocycles. The van der Waals surface area contributed by atoms with Gasteiger partial charge >= 0.3 is 0 Å². The summed E-state index contributed by atoms with van der Waals surface area (Å²) in [4.78, 5) is 12.6. The molecule has 1 atom stereocenters. The number of nitrogens with zero attached hydrogens (tertiary/aromatic N) is 1. The molecule has 0 spiro atoms. The van der Waals surface area contributed by atoms with E-state index >= 15 is 0 Å². The summed E-state index contributed by atoms with van der Waals surface area (Å²) in [6, 6.07) is 14.8. The van der Waals surface area contributed by atoms with E-state index in [4.69, 9.17) is 9.47 Å². The fourth-order valence-electron chi connectivity index (χ4n) is 3.85. The number of amides is 1. The predicted molar refractivity (Wildman–Crippen MR) is 120 cm³/mol. The van der Waals surface area contributed by atoms with Crippen molar-refractivity contribution in [1.82, 2.24) is 9.62 Å². The number of carbonyl (C=O) groups excluding carboxylic acids is 1. The van der Waals surface area contributed by atoms with E-state index in [-0.39, 0.29) is 23.7 Å². The van der Waals surface area contributed by atoms with Gasteiger partial charge in [-0.05, 0) is 42.7 Å². The third kappa shape index (κ3) is 5.58. The van der Waals surface area contributed by atoms with Gasteiger partial charge in [-0.2, -0.15) is 0 Å². The van der Waals surface area contributed by atoms with Gasteiger partial charge in [-0.25, -0.2) is 12.7 Å². The third-order valence-corrected chi connectivity index (χ3v) is 7.87. The summed E-state index contributed by atoms with van der Waals surface area (Å²) in [7, 11) is -3.42. The first kappa shape index (κ1) is 22.1. The highest BCUT2D eigenvalue weighted by atomic mass is 79.9. The molecule has 0 radical (unpaired) electrons. The molecular formula is C22H25BrN2O5S. The Morgan fingerprint density at radius 1 is 1.10 bits per heavy atom. The van der Waals surface area contributed by atoms with Crippen LogP contribution in [-0.4, -0.2) is 51.0 Å². The summed E-state index contributed by atoms with van der Waals surface area (Å²) in [5.74, 6) is 1.09. The van der Waals surface area contributed by atoms with Gasteiger partial charge in [-0.3, -0.25) is 4.79 Å². The number of para-hydroxylation sites is 2. The van der Waals surface area contributed by atoms with Gasteiger partial charge in [0.1, 0.15) is 12.7 Å². The van der Waals surface area contributed by atoms with Crippen LogP contribution in [0.5, 0.6) is 11.5 Å². The number of carbonyl (C=O) groups is 1. The van der Waals surface area contributed by atoms with E-state index in [1.54, 1.807) is 6.07 Å². The summed E-state index contributed by atoms with van der Waals surface area (Å²) in [5, 5.41) is 2.94. The zero-order valence-electron chi connectivity index (χ0n) is 17.0. The van der Waals surface area contributed by atoms with Gasteiger partial charge in [0.15, 0.2) is 11.5 Å². The average Bonchev–Trinajstić information content (AvgIpc) is 2.77. The number of nitrogens with one attached hydrogen (secondary N) is 1. The average molecular weight is 509 g/mol. The zero-order chi connectivity index (χ0) is 21.8. The normalized spacial score (nSPS) is 19.7. The van der Waals surface area contributed by atoms with Crippen molar-refractivity contribution in [2.24, 2.45) is 5.92 Å². The van der Waals surface area contributed by atoms with Crippen LogP contribution in [0, 0.1) is 5.92 Å². The Hall–Kier alpha value is -2.10.